The van der Waals surface area contributed by atoms with Gasteiger partial charge in [0.25, 0.3) is 5.91 Å². The van der Waals surface area contributed by atoms with Gasteiger partial charge in [0.15, 0.2) is 6.10 Å². The first-order valence-electron chi connectivity index (χ1n) is 6.68. The first-order valence-corrected chi connectivity index (χ1v) is 7.44. The van der Waals surface area contributed by atoms with E-state index in [-0.39, 0.29) is 0 Å². The van der Waals surface area contributed by atoms with E-state index in [0.29, 0.717) is 27.0 Å². The molecular formula is C16H14Cl2N2O3. The number of carbonyl (C=O) groups excluding carboxylic acids is 2. The summed E-state index contributed by atoms with van der Waals surface area (Å²) < 4.78 is 5.11. The normalized spacial score (nSPS) is 11.6. The van der Waals surface area contributed by atoms with Gasteiger partial charge in [-0.05, 0) is 49.4 Å². The van der Waals surface area contributed by atoms with Crippen LogP contribution < -0.4 is 11.1 Å². The molecule has 0 unspecified atom stereocenters. The Bertz CT molecular complexity index is 712. The lowest BCUT2D eigenvalue weighted by atomic mass is 10.2. The van der Waals surface area contributed by atoms with Crippen LogP contribution in [-0.2, 0) is 9.53 Å². The molecule has 1 amide bonds. The van der Waals surface area contributed by atoms with Crippen molar-refractivity contribution in [1.82, 2.24) is 0 Å². The molecule has 2 aromatic carbocycles. The fourth-order valence-electron chi connectivity index (χ4n) is 1.77. The van der Waals surface area contributed by atoms with Gasteiger partial charge in [-0.25, -0.2) is 4.79 Å². The lowest BCUT2D eigenvalue weighted by Gasteiger charge is -2.14. The highest BCUT2D eigenvalue weighted by atomic mass is 35.5. The molecule has 0 fully saturated rings. The summed E-state index contributed by atoms with van der Waals surface area (Å²) in [5.74, 6) is -1.11. The SMILES string of the molecule is C[C@@H](OC(=O)c1ccc(N)cc1)C(=O)Nc1cc(Cl)cc(Cl)c1. The minimum atomic E-state index is -0.988. The molecule has 0 aliphatic rings. The minimum absolute atomic E-state index is 0.310. The molecule has 2 aromatic rings. The predicted octanol–water partition coefficient (Wildman–Crippen LogP) is 3.76. The van der Waals surface area contributed by atoms with Gasteiger partial charge in [0.2, 0.25) is 0 Å². The van der Waals surface area contributed by atoms with Crippen LogP contribution in [0.4, 0.5) is 11.4 Å². The van der Waals surface area contributed by atoms with E-state index >= 15 is 0 Å². The Labute approximate surface area is 143 Å². The zero-order valence-electron chi connectivity index (χ0n) is 12.2. The number of benzene rings is 2. The number of rotatable bonds is 4. The minimum Gasteiger partial charge on any atom is -0.449 e. The number of nitrogens with one attached hydrogen (secondary N) is 1. The quantitative estimate of drug-likeness (QED) is 0.648. The summed E-state index contributed by atoms with van der Waals surface area (Å²) in [5, 5.41) is 3.36. The molecule has 0 radical (unpaired) electrons. The molecule has 0 saturated carbocycles. The second kappa shape index (κ2) is 7.35. The Balaban J connectivity index is 1.99. The average molecular weight is 353 g/mol. The molecule has 0 aromatic heterocycles. The van der Waals surface area contributed by atoms with Gasteiger partial charge in [0.05, 0.1) is 5.56 Å². The number of nitrogens with two attached hydrogens (primary N) is 1. The van der Waals surface area contributed by atoms with Crippen LogP contribution >= 0.6 is 23.2 Å². The molecule has 0 aliphatic heterocycles. The first-order chi connectivity index (χ1) is 10.8. The maximum Gasteiger partial charge on any atom is 0.338 e. The average Bonchev–Trinajstić information content (AvgIpc) is 2.46. The number of nitrogen functional groups attached to an aromatic ring is 1. The maximum absolute atomic E-state index is 12.1. The van der Waals surface area contributed by atoms with Gasteiger partial charge >= 0.3 is 5.97 Å². The Morgan fingerprint density at radius 3 is 2.22 bits per heavy atom. The molecule has 2 rings (SSSR count). The van der Waals surface area contributed by atoms with Crippen LogP contribution in [0.25, 0.3) is 0 Å². The van der Waals surface area contributed by atoms with Crippen LogP contribution in [0.3, 0.4) is 0 Å². The maximum atomic E-state index is 12.1. The number of ether oxygens (including phenoxy) is 1. The molecule has 0 heterocycles. The number of carbonyl (C=O) groups is 2. The van der Waals surface area contributed by atoms with Crippen LogP contribution in [0.5, 0.6) is 0 Å². The molecule has 0 aliphatic carbocycles. The third kappa shape index (κ3) is 4.87. The zero-order valence-corrected chi connectivity index (χ0v) is 13.7. The van der Waals surface area contributed by atoms with E-state index in [2.05, 4.69) is 5.32 Å². The molecule has 0 spiro atoms. The Morgan fingerprint density at radius 2 is 1.65 bits per heavy atom. The van der Waals surface area contributed by atoms with Gasteiger partial charge in [-0.2, -0.15) is 0 Å². The molecule has 5 nitrogen and oxygen atoms in total. The van der Waals surface area contributed by atoms with Gasteiger partial charge in [-0.1, -0.05) is 23.2 Å². The highest BCUT2D eigenvalue weighted by Gasteiger charge is 2.19. The van der Waals surface area contributed by atoms with Crippen molar-refractivity contribution >= 4 is 46.5 Å². The van der Waals surface area contributed by atoms with E-state index in [9.17, 15) is 9.59 Å². The van der Waals surface area contributed by atoms with Crippen molar-refractivity contribution in [3.05, 3.63) is 58.1 Å². The summed E-state index contributed by atoms with van der Waals surface area (Å²) in [6, 6.07) is 10.8. The zero-order chi connectivity index (χ0) is 17.0. The van der Waals surface area contributed by atoms with Gasteiger partial charge in [-0.3, -0.25) is 4.79 Å². The summed E-state index contributed by atoms with van der Waals surface area (Å²) >= 11 is 11.7. The second-order valence-electron chi connectivity index (χ2n) is 4.82. The predicted molar refractivity (Wildman–Crippen MR) is 90.8 cm³/mol. The molecule has 0 saturated heterocycles. The molecule has 23 heavy (non-hydrogen) atoms. The molecule has 0 bridgehead atoms. The van der Waals surface area contributed by atoms with Gasteiger partial charge in [0.1, 0.15) is 0 Å². The first kappa shape index (κ1) is 17.1. The molecule has 1 atom stereocenters. The highest BCUT2D eigenvalue weighted by Crippen LogP contribution is 2.22. The van der Waals surface area contributed by atoms with Crippen LogP contribution in [0.15, 0.2) is 42.5 Å². The fraction of sp³-hybridized carbons (Fsp3) is 0.125. The highest BCUT2D eigenvalue weighted by molar-refractivity contribution is 6.35. The van der Waals surface area contributed by atoms with Gasteiger partial charge in [-0.15, -0.1) is 0 Å². The van der Waals surface area contributed by atoms with Crippen LogP contribution in [-0.4, -0.2) is 18.0 Å². The number of hydrogen-bond acceptors (Lipinski definition) is 4. The van der Waals surface area contributed by atoms with Crippen LogP contribution in [0.2, 0.25) is 10.0 Å². The number of esters is 1. The van der Waals surface area contributed by atoms with Crippen molar-refractivity contribution < 1.29 is 14.3 Å². The van der Waals surface area contributed by atoms with Crippen molar-refractivity contribution in [2.24, 2.45) is 0 Å². The van der Waals surface area contributed by atoms with Crippen LogP contribution in [0.1, 0.15) is 17.3 Å². The van der Waals surface area contributed by atoms with Crippen molar-refractivity contribution in [3.63, 3.8) is 0 Å². The fourth-order valence-corrected chi connectivity index (χ4v) is 2.30. The van der Waals surface area contributed by atoms with E-state index < -0.39 is 18.0 Å². The third-order valence-electron chi connectivity index (χ3n) is 2.93. The lowest BCUT2D eigenvalue weighted by molar-refractivity contribution is -0.123. The summed E-state index contributed by atoms with van der Waals surface area (Å²) in [4.78, 5) is 24.0. The molecular weight excluding hydrogens is 339 g/mol. The second-order valence-corrected chi connectivity index (χ2v) is 5.69. The summed E-state index contributed by atoms with van der Waals surface area (Å²) in [6.07, 6.45) is -0.988. The Kier molecular flexibility index (Phi) is 5.47. The lowest BCUT2D eigenvalue weighted by Crippen LogP contribution is -2.30. The smallest absolute Gasteiger partial charge is 0.338 e. The number of amides is 1. The number of anilines is 2. The van der Waals surface area contributed by atoms with E-state index in [1.165, 1.54) is 19.1 Å². The molecule has 120 valence electrons. The number of halogens is 2. The Morgan fingerprint density at radius 1 is 1.09 bits per heavy atom. The molecule has 7 heteroatoms. The third-order valence-corrected chi connectivity index (χ3v) is 3.37. The summed E-state index contributed by atoms with van der Waals surface area (Å²) in [5.41, 5.74) is 6.81. The standard InChI is InChI=1S/C16H14Cl2N2O3/c1-9(23-16(22)10-2-4-13(19)5-3-10)15(21)20-14-7-11(17)6-12(18)8-14/h2-9H,19H2,1H3,(H,20,21)/t9-/m1/s1. The monoisotopic (exact) mass is 352 g/mol. The van der Waals surface area contributed by atoms with E-state index in [1.807, 2.05) is 0 Å². The summed E-state index contributed by atoms with van der Waals surface area (Å²) in [7, 11) is 0. The van der Waals surface area contributed by atoms with Gasteiger partial charge < -0.3 is 15.8 Å². The van der Waals surface area contributed by atoms with Crippen LogP contribution in [0, 0.1) is 0 Å². The number of hydrogen-bond donors (Lipinski definition) is 2. The summed E-state index contributed by atoms with van der Waals surface area (Å²) in [6.45, 7) is 1.47. The molecule has 3 N–H and O–H groups in total. The van der Waals surface area contributed by atoms with E-state index in [0.717, 1.165) is 0 Å². The van der Waals surface area contributed by atoms with Crippen molar-refractivity contribution in [2.75, 3.05) is 11.1 Å². The van der Waals surface area contributed by atoms with Crippen molar-refractivity contribution in [1.29, 1.82) is 0 Å². The van der Waals surface area contributed by atoms with Gasteiger partial charge in [0, 0.05) is 21.4 Å². The van der Waals surface area contributed by atoms with Crippen molar-refractivity contribution in [2.45, 2.75) is 13.0 Å². The topological polar surface area (TPSA) is 81.4 Å². The largest absolute Gasteiger partial charge is 0.449 e. The Hall–Kier alpha value is -2.24. The van der Waals surface area contributed by atoms with E-state index in [4.69, 9.17) is 33.7 Å². The van der Waals surface area contributed by atoms with E-state index in [1.54, 1.807) is 30.3 Å². The van der Waals surface area contributed by atoms with Crippen molar-refractivity contribution in [3.8, 4) is 0 Å².